The molecule has 1 N–H and O–H groups in total. The largest absolute Gasteiger partial charge is 0.460 e. The number of aromatic nitrogens is 1. The highest BCUT2D eigenvalue weighted by molar-refractivity contribution is 7.20. The van der Waals surface area contributed by atoms with Gasteiger partial charge in [0.05, 0.1) is 6.61 Å². The monoisotopic (exact) mass is 334 g/mol. The summed E-state index contributed by atoms with van der Waals surface area (Å²) in [7, 11) is 0. The van der Waals surface area contributed by atoms with Crippen LogP contribution < -0.4 is 5.32 Å². The molecule has 0 atom stereocenters. The second-order valence-electron chi connectivity index (χ2n) is 4.82. The van der Waals surface area contributed by atoms with Gasteiger partial charge in [0.1, 0.15) is 9.94 Å². The molecule has 1 rings (SSSR count). The van der Waals surface area contributed by atoms with E-state index < -0.39 is 23.4 Å². The number of halogens is 1. The molecule has 21 heavy (non-hydrogen) atoms. The van der Waals surface area contributed by atoms with Crippen LogP contribution in [-0.2, 0) is 14.3 Å². The van der Waals surface area contributed by atoms with E-state index in [1.54, 1.807) is 27.7 Å². The molecule has 0 bridgehead atoms. The number of anilines is 1. The maximum Gasteiger partial charge on any atom is 0.413 e. The van der Waals surface area contributed by atoms with Gasteiger partial charge >= 0.3 is 12.1 Å². The van der Waals surface area contributed by atoms with E-state index in [2.05, 4.69) is 15.0 Å². The van der Waals surface area contributed by atoms with E-state index in [-0.39, 0.29) is 21.8 Å². The van der Waals surface area contributed by atoms with Crippen molar-refractivity contribution in [3.63, 3.8) is 0 Å². The Labute approximate surface area is 130 Å². The molecule has 116 valence electrons. The van der Waals surface area contributed by atoms with E-state index >= 15 is 0 Å². The molecular weight excluding hydrogens is 320 g/mol. The molecule has 0 aromatic carbocycles. The van der Waals surface area contributed by atoms with Crippen LogP contribution in [0, 0.1) is 0 Å². The van der Waals surface area contributed by atoms with Gasteiger partial charge in [-0.1, -0.05) is 22.9 Å². The number of esters is 1. The van der Waals surface area contributed by atoms with E-state index in [9.17, 15) is 14.4 Å². The van der Waals surface area contributed by atoms with Crippen molar-refractivity contribution in [2.24, 2.45) is 0 Å². The summed E-state index contributed by atoms with van der Waals surface area (Å²) in [6.07, 6.45) is -0.733. The fourth-order valence-corrected chi connectivity index (χ4v) is 2.20. The molecule has 0 saturated heterocycles. The minimum Gasteiger partial charge on any atom is -0.460 e. The minimum atomic E-state index is -1.05. The lowest BCUT2D eigenvalue weighted by Gasteiger charge is -2.18. The van der Waals surface area contributed by atoms with Gasteiger partial charge in [0, 0.05) is 0 Å². The molecule has 1 amide bonds. The van der Waals surface area contributed by atoms with E-state index in [1.165, 1.54) is 0 Å². The lowest BCUT2D eigenvalue weighted by Crippen LogP contribution is -2.27. The van der Waals surface area contributed by atoms with Crippen LogP contribution in [0.5, 0.6) is 0 Å². The highest BCUT2D eigenvalue weighted by Crippen LogP contribution is 2.28. The molecule has 0 radical (unpaired) electrons. The number of nitrogens with zero attached hydrogens (tertiary/aromatic N) is 1. The SMILES string of the molecule is CCOC(=O)C(=O)c1nc(NC(=O)OC(C)(C)C)sc1Cl. The number of hydrogen-bond donors (Lipinski definition) is 1. The number of hydrogen-bond acceptors (Lipinski definition) is 7. The Morgan fingerprint density at radius 3 is 2.48 bits per heavy atom. The van der Waals surface area contributed by atoms with Gasteiger partial charge in [0.25, 0.3) is 5.78 Å². The first kappa shape index (κ1) is 17.4. The van der Waals surface area contributed by atoms with Crippen LogP contribution in [0.25, 0.3) is 0 Å². The molecule has 0 aliphatic heterocycles. The molecule has 0 aliphatic carbocycles. The highest BCUT2D eigenvalue weighted by Gasteiger charge is 2.26. The summed E-state index contributed by atoms with van der Waals surface area (Å²) in [5, 5.41) is 2.40. The van der Waals surface area contributed by atoms with Gasteiger partial charge < -0.3 is 9.47 Å². The normalized spacial score (nSPS) is 10.9. The quantitative estimate of drug-likeness (QED) is 0.517. The number of Topliss-reactive ketones (excluding diaryl/α,β-unsaturated/α-hetero) is 1. The van der Waals surface area contributed by atoms with E-state index in [0.29, 0.717) is 0 Å². The first-order valence-corrected chi connectivity index (χ1v) is 7.21. The Morgan fingerprint density at radius 1 is 1.33 bits per heavy atom. The van der Waals surface area contributed by atoms with Crippen molar-refractivity contribution in [3.05, 3.63) is 10.0 Å². The van der Waals surface area contributed by atoms with Crippen LogP contribution in [0.4, 0.5) is 9.93 Å². The van der Waals surface area contributed by atoms with E-state index in [0.717, 1.165) is 11.3 Å². The first-order chi connectivity index (χ1) is 9.64. The molecule has 0 unspecified atom stereocenters. The number of carbonyl (C=O) groups is 3. The molecule has 7 nitrogen and oxygen atoms in total. The Balaban J connectivity index is 2.81. The number of ether oxygens (including phenoxy) is 2. The molecule has 1 heterocycles. The van der Waals surface area contributed by atoms with Crippen molar-refractivity contribution in [2.75, 3.05) is 11.9 Å². The number of rotatable bonds is 4. The number of thiazole rings is 1. The third-order valence-corrected chi connectivity index (χ3v) is 3.04. The standard InChI is InChI=1S/C12H15ClN2O5S/c1-5-19-9(17)7(16)6-8(13)21-10(14-6)15-11(18)20-12(2,3)4/h5H2,1-4H3,(H,14,15,18). The molecule has 0 spiro atoms. The van der Waals surface area contributed by atoms with Crippen LogP contribution in [0.15, 0.2) is 0 Å². The number of ketones is 1. The summed E-state index contributed by atoms with van der Waals surface area (Å²) in [6, 6.07) is 0. The lowest BCUT2D eigenvalue weighted by atomic mass is 10.2. The van der Waals surface area contributed by atoms with Crippen LogP contribution in [0.3, 0.4) is 0 Å². The van der Waals surface area contributed by atoms with Crippen LogP contribution in [0.1, 0.15) is 38.2 Å². The molecule has 1 aromatic rings. The smallest absolute Gasteiger partial charge is 0.413 e. The van der Waals surface area contributed by atoms with E-state index in [4.69, 9.17) is 16.3 Å². The van der Waals surface area contributed by atoms with Crippen molar-refractivity contribution < 1.29 is 23.9 Å². The number of amides is 1. The van der Waals surface area contributed by atoms with Crippen molar-refractivity contribution >= 4 is 45.9 Å². The van der Waals surface area contributed by atoms with Crippen molar-refractivity contribution in [2.45, 2.75) is 33.3 Å². The summed E-state index contributed by atoms with van der Waals surface area (Å²) in [5.41, 5.74) is -0.930. The fraction of sp³-hybridized carbons (Fsp3) is 0.500. The Morgan fingerprint density at radius 2 is 1.95 bits per heavy atom. The zero-order valence-electron chi connectivity index (χ0n) is 12.0. The summed E-state index contributed by atoms with van der Waals surface area (Å²) in [5.74, 6) is -2.01. The van der Waals surface area contributed by atoms with Crippen LogP contribution in [0.2, 0.25) is 4.34 Å². The minimum absolute atomic E-state index is 0.0147. The van der Waals surface area contributed by atoms with Crippen molar-refractivity contribution in [3.8, 4) is 0 Å². The van der Waals surface area contributed by atoms with Gasteiger partial charge in [-0.2, -0.15) is 0 Å². The fourth-order valence-electron chi connectivity index (χ4n) is 1.18. The van der Waals surface area contributed by atoms with Crippen LogP contribution in [-0.4, -0.2) is 35.0 Å². The Hall–Kier alpha value is -1.67. The molecule has 1 aromatic heterocycles. The van der Waals surface area contributed by atoms with Crippen LogP contribution >= 0.6 is 22.9 Å². The highest BCUT2D eigenvalue weighted by atomic mass is 35.5. The van der Waals surface area contributed by atoms with Gasteiger partial charge in [-0.15, -0.1) is 0 Å². The molecular formula is C12H15ClN2O5S. The summed E-state index contributed by atoms with van der Waals surface area (Å²) in [4.78, 5) is 38.4. The second kappa shape index (κ2) is 6.86. The predicted octanol–water partition coefficient (Wildman–Crippen LogP) is 2.89. The molecule has 0 aliphatic rings. The first-order valence-electron chi connectivity index (χ1n) is 6.01. The van der Waals surface area contributed by atoms with Gasteiger partial charge in [0.15, 0.2) is 10.8 Å². The molecule has 9 heteroatoms. The second-order valence-corrected chi connectivity index (χ2v) is 6.42. The molecule has 0 saturated carbocycles. The number of carbonyl (C=O) groups excluding carboxylic acids is 3. The maximum absolute atomic E-state index is 11.7. The maximum atomic E-state index is 11.7. The topological polar surface area (TPSA) is 94.6 Å². The van der Waals surface area contributed by atoms with E-state index in [1.807, 2.05) is 0 Å². The average Bonchev–Trinajstić information content (AvgIpc) is 2.66. The zero-order valence-corrected chi connectivity index (χ0v) is 13.6. The summed E-state index contributed by atoms with van der Waals surface area (Å²) in [6.45, 7) is 6.75. The van der Waals surface area contributed by atoms with Crippen molar-refractivity contribution in [1.82, 2.24) is 4.98 Å². The third-order valence-electron chi connectivity index (χ3n) is 1.87. The van der Waals surface area contributed by atoms with Gasteiger partial charge in [-0.3, -0.25) is 10.1 Å². The molecule has 0 fully saturated rings. The van der Waals surface area contributed by atoms with Gasteiger partial charge in [-0.05, 0) is 27.7 Å². The lowest BCUT2D eigenvalue weighted by molar-refractivity contribution is -0.137. The van der Waals surface area contributed by atoms with Gasteiger partial charge in [0.2, 0.25) is 0 Å². The zero-order chi connectivity index (χ0) is 16.2. The third kappa shape index (κ3) is 5.31. The predicted molar refractivity (Wildman–Crippen MR) is 77.9 cm³/mol. The number of nitrogens with one attached hydrogen (secondary N) is 1. The Bertz CT molecular complexity index is 564. The van der Waals surface area contributed by atoms with Crippen molar-refractivity contribution in [1.29, 1.82) is 0 Å². The summed E-state index contributed by atoms with van der Waals surface area (Å²) < 4.78 is 9.59. The average molecular weight is 335 g/mol. The Kier molecular flexibility index (Phi) is 5.68. The summed E-state index contributed by atoms with van der Waals surface area (Å²) >= 11 is 6.68. The van der Waals surface area contributed by atoms with Gasteiger partial charge in [-0.25, -0.2) is 14.6 Å².